The summed E-state index contributed by atoms with van der Waals surface area (Å²) in [6, 6.07) is 0. The Hall–Kier alpha value is -2.22. The van der Waals surface area contributed by atoms with Gasteiger partial charge in [-0.1, -0.05) is 215 Å². The lowest BCUT2D eigenvalue weighted by Crippen LogP contribution is -2.64. The maximum Gasteiger partial charge on any atom is 0.472 e. The van der Waals surface area contributed by atoms with Crippen molar-refractivity contribution in [2.24, 2.45) is 0 Å². The summed E-state index contributed by atoms with van der Waals surface area (Å²) >= 11 is 0. The Morgan fingerprint density at radius 3 is 1.26 bits per heavy atom. The van der Waals surface area contributed by atoms with E-state index in [1.165, 1.54) is 109 Å². The molecule has 0 aliphatic heterocycles. The maximum atomic E-state index is 12.9. The van der Waals surface area contributed by atoms with E-state index in [1.54, 1.807) is 0 Å². The molecule has 72 heavy (non-hydrogen) atoms. The zero-order chi connectivity index (χ0) is 52.6. The second kappa shape index (κ2) is 48.4. The average Bonchev–Trinajstić information content (AvgIpc) is 3.37. The van der Waals surface area contributed by atoms with Crippen LogP contribution in [0.4, 0.5) is 0 Å². The molecule has 0 saturated heterocycles. The molecule has 0 spiro atoms. The van der Waals surface area contributed by atoms with Crippen molar-refractivity contribution in [2.45, 2.75) is 275 Å². The van der Waals surface area contributed by atoms with E-state index in [2.05, 4.69) is 86.8 Å². The Morgan fingerprint density at radius 2 is 0.819 bits per heavy atom. The zero-order valence-electron chi connectivity index (χ0n) is 45.2. The van der Waals surface area contributed by atoms with Gasteiger partial charge in [0.1, 0.15) is 42.7 Å². The molecule has 6 atom stereocenters. The van der Waals surface area contributed by atoms with Crippen LogP contribution >= 0.6 is 7.82 Å². The Balaban J connectivity index is 2.30. The highest BCUT2D eigenvalue weighted by molar-refractivity contribution is 7.47. The van der Waals surface area contributed by atoms with Crippen LogP contribution in [-0.2, 0) is 27.9 Å². The van der Waals surface area contributed by atoms with Crippen molar-refractivity contribution >= 4 is 13.8 Å². The molecule has 0 heterocycles. The Morgan fingerprint density at radius 1 is 0.458 bits per heavy atom. The van der Waals surface area contributed by atoms with Crippen LogP contribution in [0.2, 0.25) is 0 Å². The molecule has 1 aliphatic rings. The van der Waals surface area contributed by atoms with Crippen LogP contribution in [0.5, 0.6) is 0 Å². The van der Waals surface area contributed by atoms with Crippen molar-refractivity contribution in [3.63, 3.8) is 0 Å². The summed E-state index contributed by atoms with van der Waals surface area (Å²) in [6.07, 6.45) is 52.5. The lowest BCUT2D eigenvalue weighted by molar-refractivity contribution is -0.220. The quantitative estimate of drug-likeness (QED) is 0.0146. The second-order valence-corrected chi connectivity index (χ2v) is 21.2. The smallest absolute Gasteiger partial charge is 0.457 e. The molecule has 1 rings (SSSR count). The number of aliphatic hydroxyl groups is 5. The van der Waals surface area contributed by atoms with Gasteiger partial charge in [0, 0.05) is 13.0 Å². The highest BCUT2D eigenvalue weighted by Crippen LogP contribution is 2.47. The van der Waals surface area contributed by atoms with E-state index in [0.29, 0.717) is 13.0 Å². The van der Waals surface area contributed by atoms with E-state index in [1.807, 2.05) is 0 Å². The number of esters is 1. The summed E-state index contributed by atoms with van der Waals surface area (Å²) in [5, 5.41) is 50.4. The van der Waals surface area contributed by atoms with Crippen molar-refractivity contribution in [3.05, 3.63) is 72.9 Å². The van der Waals surface area contributed by atoms with E-state index < -0.39 is 63.1 Å². The molecule has 1 saturated carbocycles. The molecule has 0 aromatic heterocycles. The number of ether oxygens (including phenoxy) is 2. The maximum absolute atomic E-state index is 12.9. The molecule has 12 nitrogen and oxygen atoms in total. The Bertz CT molecular complexity index is 1460. The molecular weight excluding hydrogens is 932 g/mol. The molecule has 0 aromatic rings. The van der Waals surface area contributed by atoms with Gasteiger partial charge < -0.3 is 39.9 Å². The van der Waals surface area contributed by atoms with Gasteiger partial charge >= 0.3 is 13.8 Å². The Labute approximate surface area is 438 Å². The minimum atomic E-state index is -5.03. The van der Waals surface area contributed by atoms with Gasteiger partial charge in [0.25, 0.3) is 0 Å². The summed E-state index contributed by atoms with van der Waals surface area (Å²) in [6.45, 7) is 4.16. The molecule has 0 aromatic carbocycles. The van der Waals surface area contributed by atoms with Gasteiger partial charge in [-0.3, -0.25) is 13.8 Å². The van der Waals surface area contributed by atoms with Crippen molar-refractivity contribution in [2.75, 3.05) is 19.8 Å². The van der Waals surface area contributed by atoms with Gasteiger partial charge in [0.15, 0.2) is 0 Å². The number of allylic oxidation sites excluding steroid dienone is 12. The van der Waals surface area contributed by atoms with Crippen molar-refractivity contribution in [1.82, 2.24) is 0 Å². The van der Waals surface area contributed by atoms with Gasteiger partial charge in [-0.05, 0) is 83.5 Å². The van der Waals surface area contributed by atoms with Crippen LogP contribution in [0.15, 0.2) is 72.9 Å². The van der Waals surface area contributed by atoms with Crippen LogP contribution in [0.1, 0.15) is 232 Å². The molecular formula is C59H105O12P. The van der Waals surface area contributed by atoms with Crippen molar-refractivity contribution in [1.29, 1.82) is 0 Å². The number of aliphatic hydroxyl groups excluding tert-OH is 5. The number of rotatable bonds is 49. The molecule has 13 heteroatoms. The molecule has 418 valence electrons. The predicted molar refractivity (Wildman–Crippen MR) is 295 cm³/mol. The average molecular weight is 1040 g/mol. The van der Waals surface area contributed by atoms with Gasteiger partial charge in [-0.15, -0.1) is 0 Å². The minimum Gasteiger partial charge on any atom is -0.457 e. The number of hydrogen-bond donors (Lipinski definition) is 6. The second-order valence-electron chi connectivity index (χ2n) is 19.8. The van der Waals surface area contributed by atoms with E-state index in [9.17, 15) is 39.8 Å². The molecule has 6 unspecified atom stereocenters. The molecule has 1 aliphatic carbocycles. The van der Waals surface area contributed by atoms with Crippen LogP contribution in [-0.4, -0.2) is 98.9 Å². The third-order valence-electron chi connectivity index (χ3n) is 13.1. The molecule has 1 fully saturated rings. The van der Waals surface area contributed by atoms with Crippen molar-refractivity contribution < 1.29 is 58.3 Å². The fourth-order valence-corrected chi connectivity index (χ4v) is 9.53. The SMILES string of the molecule is CC/C=C\C/C=C\C/C=C\C/C=C\C/C=C\CCCCCCCCCC(=O)OC(COCCCCCCCCCCCC/C=C\CCCCCCCCCC)COP(=O)(O)OC1C(O)C(O)C(O)C(O)C1O. The topological polar surface area (TPSA) is 192 Å². The van der Waals surface area contributed by atoms with Gasteiger partial charge in [-0.25, -0.2) is 4.57 Å². The Kier molecular flexibility index (Phi) is 45.6. The number of carbonyl (C=O) groups is 1. The fraction of sp³-hybridized carbons (Fsp3) is 0.780. The predicted octanol–water partition coefficient (Wildman–Crippen LogP) is 13.9. The first kappa shape index (κ1) is 67.8. The first-order chi connectivity index (χ1) is 35.0. The lowest BCUT2D eigenvalue weighted by Gasteiger charge is -2.41. The zero-order valence-corrected chi connectivity index (χ0v) is 46.1. The summed E-state index contributed by atoms with van der Waals surface area (Å²) in [4.78, 5) is 23.3. The lowest BCUT2D eigenvalue weighted by atomic mass is 9.85. The number of phosphoric acid groups is 1. The number of hydrogen-bond acceptors (Lipinski definition) is 11. The van der Waals surface area contributed by atoms with Gasteiger partial charge in [0.2, 0.25) is 0 Å². The highest BCUT2D eigenvalue weighted by atomic mass is 31.2. The molecule has 6 N–H and O–H groups in total. The number of unbranched alkanes of at least 4 members (excludes halogenated alkanes) is 25. The molecule has 0 amide bonds. The standard InChI is InChI=1S/C59H105O12P/c1-3-5-7-9-11-13-15-17-19-21-23-25-27-28-30-32-34-36-38-40-42-44-46-48-53(60)70-52(51-69-72(66,67)71-59-57(64)55(62)54(61)56(63)58(59)65)50-68-49-47-45-43-41-39-37-35-33-31-29-26-24-22-20-18-16-14-12-10-8-6-4-2/h5,7,11,13,17,19,22-25,28,30,52,54-59,61-65H,3-4,6,8-10,12,14-16,18,20-21,26-27,29,31-51H2,1-2H3,(H,66,67)/b7-5-,13-11-,19-17-,24-22-,25-23-,30-28-. The summed E-state index contributed by atoms with van der Waals surface area (Å²) < 4.78 is 34.4. The van der Waals surface area contributed by atoms with Crippen molar-refractivity contribution in [3.8, 4) is 0 Å². The van der Waals surface area contributed by atoms with Crippen LogP contribution in [0.25, 0.3) is 0 Å². The summed E-state index contributed by atoms with van der Waals surface area (Å²) in [5.74, 6) is -0.488. The monoisotopic (exact) mass is 1040 g/mol. The number of carbonyl (C=O) groups excluding carboxylic acids is 1. The first-order valence-corrected chi connectivity index (χ1v) is 30.3. The summed E-state index contributed by atoms with van der Waals surface area (Å²) in [7, 11) is -5.03. The van der Waals surface area contributed by atoms with Crippen LogP contribution in [0, 0.1) is 0 Å². The van der Waals surface area contributed by atoms with Gasteiger partial charge in [0.05, 0.1) is 13.2 Å². The largest absolute Gasteiger partial charge is 0.472 e. The number of phosphoric ester groups is 1. The van der Waals surface area contributed by atoms with E-state index in [0.717, 1.165) is 96.3 Å². The highest BCUT2D eigenvalue weighted by Gasteiger charge is 2.51. The minimum absolute atomic E-state index is 0.0846. The van der Waals surface area contributed by atoms with E-state index in [4.69, 9.17) is 18.5 Å². The molecule has 0 bridgehead atoms. The normalized spacial score (nSPS) is 21.2. The van der Waals surface area contributed by atoms with E-state index >= 15 is 0 Å². The molecule has 0 radical (unpaired) electrons. The van der Waals surface area contributed by atoms with Crippen LogP contribution in [0.3, 0.4) is 0 Å². The first-order valence-electron chi connectivity index (χ1n) is 28.8. The van der Waals surface area contributed by atoms with Crippen LogP contribution < -0.4 is 0 Å². The third kappa shape index (κ3) is 39.2. The summed E-state index contributed by atoms with van der Waals surface area (Å²) in [5.41, 5.74) is 0. The third-order valence-corrected chi connectivity index (χ3v) is 14.0. The van der Waals surface area contributed by atoms with E-state index in [-0.39, 0.29) is 13.0 Å². The fourth-order valence-electron chi connectivity index (χ4n) is 8.56. The van der Waals surface area contributed by atoms with Gasteiger partial charge in [-0.2, -0.15) is 0 Å².